The van der Waals surface area contributed by atoms with E-state index in [2.05, 4.69) is 12.1 Å². The summed E-state index contributed by atoms with van der Waals surface area (Å²) in [4.78, 5) is 12.3. The maximum Gasteiger partial charge on any atom is 0.343 e. The minimum atomic E-state index is -0.404. The highest BCUT2D eigenvalue weighted by atomic mass is 16.5. The minimum Gasteiger partial charge on any atom is -0.504 e. The average Bonchev–Trinajstić information content (AvgIpc) is 3.12. The van der Waals surface area contributed by atoms with Gasteiger partial charge in [-0.1, -0.05) is 60.7 Å². The van der Waals surface area contributed by atoms with Crippen LogP contribution < -0.4 is 4.74 Å². The Morgan fingerprint density at radius 1 is 0.931 bits per heavy atom. The summed E-state index contributed by atoms with van der Waals surface area (Å²) in [6, 6.07) is 23.0. The number of cyclic esters (lactones) is 1. The number of phenols is 1. The number of aromatic hydroxyl groups is 1. The zero-order chi connectivity index (χ0) is 20.2. The predicted octanol–water partition coefficient (Wildman–Crippen LogP) is 5.44. The van der Waals surface area contributed by atoms with Crippen molar-refractivity contribution in [3.05, 3.63) is 95.6 Å². The van der Waals surface area contributed by atoms with E-state index >= 15 is 0 Å². The van der Waals surface area contributed by atoms with Crippen molar-refractivity contribution in [3.63, 3.8) is 0 Å². The molecular weight excluding hydrogens is 364 g/mol. The summed E-state index contributed by atoms with van der Waals surface area (Å²) in [5, 5.41) is 9.83. The molecule has 3 aromatic rings. The molecule has 29 heavy (non-hydrogen) atoms. The molecule has 0 fully saturated rings. The molecule has 0 saturated carbocycles. The first-order valence-electron chi connectivity index (χ1n) is 9.41. The van der Waals surface area contributed by atoms with Crippen LogP contribution in [-0.4, -0.2) is 17.7 Å². The molecule has 1 heterocycles. The molecule has 4 nitrogen and oxygen atoms in total. The van der Waals surface area contributed by atoms with Crippen LogP contribution in [0.4, 0.5) is 0 Å². The van der Waals surface area contributed by atoms with Crippen LogP contribution in [0, 0.1) is 0 Å². The van der Waals surface area contributed by atoms with Crippen molar-refractivity contribution < 1.29 is 19.4 Å². The molecule has 0 aliphatic carbocycles. The van der Waals surface area contributed by atoms with Gasteiger partial charge in [-0.3, -0.25) is 0 Å². The molecule has 0 amide bonds. The standard InChI is InChI=1S/C25H20O4/c1-2-28-24-15-17(8-13-22(24)26)14-21-16-23(29-25(21)27)20-11-9-19(10-12-20)18-6-4-3-5-7-18/h3-16,26H,2H2,1H3. The van der Waals surface area contributed by atoms with E-state index in [1.165, 1.54) is 0 Å². The van der Waals surface area contributed by atoms with E-state index in [4.69, 9.17) is 9.47 Å². The van der Waals surface area contributed by atoms with Gasteiger partial charge in [0.15, 0.2) is 11.5 Å². The molecule has 144 valence electrons. The molecule has 4 rings (SSSR count). The molecule has 1 aliphatic rings. The number of phenolic OH excluding ortho intramolecular Hbond substituents is 1. The molecule has 0 unspecified atom stereocenters. The van der Waals surface area contributed by atoms with Gasteiger partial charge in [-0.05, 0) is 47.9 Å². The van der Waals surface area contributed by atoms with Crippen LogP contribution in [0.25, 0.3) is 23.0 Å². The number of esters is 1. The highest BCUT2D eigenvalue weighted by Gasteiger charge is 2.22. The lowest BCUT2D eigenvalue weighted by Crippen LogP contribution is -1.97. The second kappa shape index (κ2) is 8.07. The molecule has 0 bridgehead atoms. The highest BCUT2D eigenvalue weighted by Crippen LogP contribution is 2.31. The second-order valence-electron chi connectivity index (χ2n) is 6.60. The first-order valence-corrected chi connectivity index (χ1v) is 9.41. The second-order valence-corrected chi connectivity index (χ2v) is 6.60. The molecule has 0 radical (unpaired) electrons. The number of ether oxygens (including phenoxy) is 2. The quantitative estimate of drug-likeness (QED) is 0.470. The van der Waals surface area contributed by atoms with Crippen LogP contribution in [0.15, 0.2) is 84.4 Å². The molecule has 0 aromatic heterocycles. The Labute approximate surface area is 169 Å². The SMILES string of the molecule is CCOc1cc(C=C2C=C(c3ccc(-c4ccccc4)cc3)OC2=O)ccc1O. The molecule has 4 heteroatoms. The van der Waals surface area contributed by atoms with Crippen LogP contribution in [0.5, 0.6) is 11.5 Å². The molecule has 0 saturated heterocycles. The lowest BCUT2D eigenvalue weighted by Gasteiger charge is -2.06. The maximum atomic E-state index is 12.3. The van der Waals surface area contributed by atoms with Crippen molar-refractivity contribution in [3.8, 4) is 22.6 Å². The summed E-state index contributed by atoms with van der Waals surface area (Å²) in [7, 11) is 0. The molecule has 0 spiro atoms. The van der Waals surface area contributed by atoms with Crippen LogP contribution in [0.3, 0.4) is 0 Å². The van der Waals surface area contributed by atoms with Crippen molar-refractivity contribution in [2.45, 2.75) is 6.92 Å². The van der Waals surface area contributed by atoms with E-state index in [0.717, 1.165) is 22.3 Å². The fraction of sp³-hybridized carbons (Fsp3) is 0.0800. The lowest BCUT2D eigenvalue weighted by molar-refractivity contribution is -0.130. The highest BCUT2D eigenvalue weighted by molar-refractivity contribution is 6.05. The zero-order valence-electron chi connectivity index (χ0n) is 16.0. The van der Waals surface area contributed by atoms with Crippen molar-refractivity contribution in [2.75, 3.05) is 6.61 Å². The summed E-state index contributed by atoms with van der Waals surface area (Å²) in [5.74, 6) is 0.564. The summed E-state index contributed by atoms with van der Waals surface area (Å²) in [5.41, 5.74) is 4.26. The Kier molecular flexibility index (Phi) is 5.16. The summed E-state index contributed by atoms with van der Waals surface area (Å²) in [6.07, 6.45) is 3.45. The Morgan fingerprint density at radius 2 is 1.62 bits per heavy atom. The Bertz CT molecular complexity index is 1090. The summed E-state index contributed by atoms with van der Waals surface area (Å²) in [6.45, 7) is 2.29. The first-order chi connectivity index (χ1) is 14.1. The number of benzene rings is 3. The number of rotatable bonds is 5. The third-order valence-electron chi connectivity index (χ3n) is 4.61. The van der Waals surface area contributed by atoms with Gasteiger partial charge >= 0.3 is 5.97 Å². The van der Waals surface area contributed by atoms with Crippen LogP contribution in [0.1, 0.15) is 18.1 Å². The number of hydrogen-bond donors (Lipinski definition) is 1. The topological polar surface area (TPSA) is 55.8 Å². The van der Waals surface area contributed by atoms with Gasteiger partial charge in [-0.25, -0.2) is 4.79 Å². The van der Waals surface area contributed by atoms with Gasteiger partial charge in [-0.2, -0.15) is 0 Å². The van der Waals surface area contributed by atoms with Gasteiger partial charge in [0.1, 0.15) is 5.76 Å². The third-order valence-corrected chi connectivity index (χ3v) is 4.61. The monoisotopic (exact) mass is 384 g/mol. The zero-order valence-corrected chi connectivity index (χ0v) is 16.0. The van der Waals surface area contributed by atoms with E-state index < -0.39 is 5.97 Å². The molecule has 0 atom stereocenters. The lowest BCUT2D eigenvalue weighted by atomic mass is 10.0. The van der Waals surface area contributed by atoms with Crippen LogP contribution in [-0.2, 0) is 9.53 Å². The van der Waals surface area contributed by atoms with Gasteiger partial charge < -0.3 is 14.6 Å². The number of carbonyl (C=O) groups is 1. The van der Waals surface area contributed by atoms with Crippen LogP contribution in [0.2, 0.25) is 0 Å². The largest absolute Gasteiger partial charge is 0.504 e. The van der Waals surface area contributed by atoms with E-state index in [1.54, 1.807) is 30.4 Å². The smallest absolute Gasteiger partial charge is 0.343 e. The van der Waals surface area contributed by atoms with Gasteiger partial charge in [-0.15, -0.1) is 0 Å². The summed E-state index contributed by atoms with van der Waals surface area (Å²) >= 11 is 0. The minimum absolute atomic E-state index is 0.0673. The average molecular weight is 384 g/mol. The predicted molar refractivity (Wildman–Crippen MR) is 113 cm³/mol. The third kappa shape index (κ3) is 4.06. The molecule has 1 N–H and O–H groups in total. The number of hydrogen-bond acceptors (Lipinski definition) is 4. The van der Waals surface area contributed by atoms with Gasteiger partial charge in [0.05, 0.1) is 12.2 Å². The van der Waals surface area contributed by atoms with Crippen molar-refractivity contribution in [1.29, 1.82) is 0 Å². The Morgan fingerprint density at radius 3 is 2.34 bits per heavy atom. The number of carbonyl (C=O) groups excluding carboxylic acids is 1. The fourth-order valence-electron chi connectivity index (χ4n) is 3.16. The van der Waals surface area contributed by atoms with Gasteiger partial charge in [0, 0.05) is 5.56 Å². The molecule has 3 aromatic carbocycles. The Hall–Kier alpha value is -3.79. The molecule has 1 aliphatic heterocycles. The van der Waals surface area contributed by atoms with Crippen LogP contribution >= 0.6 is 0 Å². The van der Waals surface area contributed by atoms with Gasteiger partial charge in [0.25, 0.3) is 0 Å². The normalized spacial score (nSPS) is 14.6. The summed E-state index contributed by atoms with van der Waals surface area (Å²) < 4.78 is 10.8. The molecular formula is C25H20O4. The maximum absolute atomic E-state index is 12.3. The van der Waals surface area contributed by atoms with Crippen molar-refractivity contribution >= 4 is 17.8 Å². The van der Waals surface area contributed by atoms with Crippen molar-refractivity contribution in [2.24, 2.45) is 0 Å². The van der Waals surface area contributed by atoms with E-state index in [9.17, 15) is 9.90 Å². The van der Waals surface area contributed by atoms with E-state index in [0.29, 0.717) is 23.7 Å². The Balaban J connectivity index is 1.59. The first kappa shape index (κ1) is 18.6. The van der Waals surface area contributed by atoms with Gasteiger partial charge in [0.2, 0.25) is 0 Å². The van der Waals surface area contributed by atoms with E-state index in [-0.39, 0.29) is 5.75 Å². The fourth-order valence-corrected chi connectivity index (χ4v) is 3.16. The van der Waals surface area contributed by atoms with Crippen molar-refractivity contribution in [1.82, 2.24) is 0 Å². The van der Waals surface area contributed by atoms with E-state index in [1.807, 2.05) is 49.4 Å².